The van der Waals surface area contributed by atoms with Crippen LogP contribution in [-0.4, -0.2) is 7.28 Å². The molecule has 0 N–H and O–H groups in total. The van der Waals surface area contributed by atoms with Crippen molar-refractivity contribution in [1.82, 2.24) is 0 Å². The van der Waals surface area contributed by atoms with Crippen LogP contribution in [0.5, 0.6) is 0 Å². The van der Waals surface area contributed by atoms with Crippen LogP contribution < -0.4 is 0 Å². The first-order valence-electron chi connectivity index (χ1n) is 5.43. The highest BCUT2D eigenvalue weighted by atomic mass is 14.1. The molecule has 1 fully saturated rings. The second kappa shape index (κ2) is 5.45. The Bertz CT molecular complexity index is 132. The molecule has 12 heavy (non-hydrogen) atoms. The van der Waals surface area contributed by atoms with Gasteiger partial charge in [-0.15, -0.1) is 12.1 Å². The van der Waals surface area contributed by atoms with Crippen molar-refractivity contribution in [2.75, 3.05) is 0 Å². The van der Waals surface area contributed by atoms with Crippen LogP contribution >= 0.6 is 0 Å². The van der Waals surface area contributed by atoms with Crippen LogP contribution in [0.4, 0.5) is 0 Å². The van der Waals surface area contributed by atoms with Crippen molar-refractivity contribution in [1.29, 1.82) is 0 Å². The summed E-state index contributed by atoms with van der Waals surface area (Å²) in [5.74, 6) is 0.961. The van der Waals surface area contributed by atoms with Crippen LogP contribution in [0, 0.1) is 0 Å². The second-order valence-corrected chi connectivity index (χ2v) is 4.37. The lowest BCUT2D eigenvalue weighted by Crippen LogP contribution is -2.07. The monoisotopic (exact) mass is 164 g/mol. The lowest BCUT2D eigenvalue weighted by atomic mass is 9.56. The number of allylic oxidation sites excluding steroid dienone is 1. The van der Waals surface area contributed by atoms with E-state index in [-0.39, 0.29) is 0 Å². The average Bonchev–Trinajstić information content (AvgIpc) is 1.93. The highest BCUT2D eigenvalue weighted by Gasteiger charge is 2.12. The molecule has 0 radical (unpaired) electrons. The molecule has 0 unspecified atom stereocenters. The average molecular weight is 164 g/mol. The largest absolute Gasteiger partial charge is 0.154 e. The normalized spacial score (nSPS) is 21.1. The van der Waals surface area contributed by atoms with Crippen molar-refractivity contribution >= 4 is 7.28 Å². The highest BCUT2D eigenvalue weighted by Crippen LogP contribution is 2.26. The Balaban J connectivity index is 2.24. The summed E-state index contributed by atoms with van der Waals surface area (Å²) in [7, 11) is 1.28. The molecule has 0 atom stereocenters. The number of hydrogen-bond acceptors (Lipinski definition) is 0. The van der Waals surface area contributed by atoms with Crippen LogP contribution in [0.2, 0.25) is 5.82 Å². The molecule has 0 aromatic carbocycles. The van der Waals surface area contributed by atoms with Crippen molar-refractivity contribution in [2.45, 2.75) is 57.7 Å². The smallest absolute Gasteiger partial charge is 0.115 e. The molecule has 1 heteroatoms. The van der Waals surface area contributed by atoms with Gasteiger partial charge in [0.25, 0.3) is 0 Å². The maximum Gasteiger partial charge on any atom is 0.154 e. The zero-order valence-electron chi connectivity index (χ0n) is 8.44. The standard InChI is InChI=1S/C11H21B/c1-10(2)12-11-8-6-4-3-5-7-9-11/h11-12H,1,3-9H2,2H3. The van der Waals surface area contributed by atoms with Crippen molar-refractivity contribution in [2.24, 2.45) is 0 Å². The van der Waals surface area contributed by atoms with E-state index in [0.29, 0.717) is 0 Å². The van der Waals surface area contributed by atoms with E-state index in [1.54, 1.807) is 0 Å². The fourth-order valence-corrected chi connectivity index (χ4v) is 2.24. The van der Waals surface area contributed by atoms with Gasteiger partial charge >= 0.3 is 0 Å². The molecule has 0 spiro atoms. The highest BCUT2D eigenvalue weighted by molar-refractivity contribution is 6.46. The Kier molecular flexibility index (Phi) is 4.49. The van der Waals surface area contributed by atoms with Crippen LogP contribution in [0.3, 0.4) is 0 Å². The van der Waals surface area contributed by atoms with E-state index in [2.05, 4.69) is 13.5 Å². The van der Waals surface area contributed by atoms with Gasteiger partial charge in [0, 0.05) is 0 Å². The molecule has 0 aromatic heterocycles. The first-order chi connectivity index (χ1) is 5.79. The Labute approximate surface area is 77.7 Å². The van der Waals surface area contributed by atoms with Crippen molar-refractivity contribution in [3.8, 4) is 0 Å². The van der Waals surface area contributed by atoms with E-state index in [9.17, 15) is 0 Å². The SMILES string of the molecule is C=C(C)BC1CCCCCCC1. The molecule has 0 amide bonds. The minimum Gasteiger partial charge on any atom is -0.115 e. The zero-order chi connectivity index (χ0) is 8.81. The van der Waals surface area contributed by atoms with Gasteiger partial charge in [0.05, 0.1) is 0 Å². The molecule has 1 aliphatic carbocycles. The summed E-state index contributed by atoms with van der Waals surface area (Å²) in [6.45, 7) is 6.17. The van der Waals surface area contributed by atoms with Gasteiger partial charge in [0.1, 0.15) is 0 Å². The second-order valence-electron chi connectivity index (χ2n) is 4.37. The van der Waals surface area contributed by atoms with Gasteiger partial charge in [-0.2, -0.15) is 0 Å². The lowest BCUT2D eigenvalue weighted by molar-refractivity contribution is 0.502. The number of rotatable bonds is 2. The fraction of sp³-hybridized carbons (Fsp3) is 0.818. The van der Waals surface area contributed by atoms with Gasteiger partial charge in [0.15, 0.2) is 7.28 Å². The molecule has 1 saturated carbocycles. The molecular formula is C11H21B. The lowest BCUT2D eigenvalue weighted by Gasteiger charge is -2.18. The topological polar surface area (TPSA) is 0 Å². The molecule has 68 valence electrons. The molecule has 0 bridgehead atoms. The molecule has 1 rings (SSSR count). The first kappa shape index (κ1) is 9.89. The van der Waals surface area contributed by atoms with Gasteiger partial charge in [-0.3, -0.25) is 0 Å². The molecule has 0 heterocycles. The summed E-state index contributed by atoms with van der Waals surface area (Å²) < 4.78 is 0. The van der Waals surface area contributed by atoms with Crippen molar-refractivity contribution in [3.05, 3.63) is 12.1 Å². The summed E-state index contributed by atoms with van der Waals surface area (Å²) >= 11 is 0. The molecule has 0 aromatic rings. The predicted molar refractivity (Wildman–Crippen MR) is 58.0 cm³/mol. The maximum absolute atomic E-state index is 4.00. The summed E-state index contributed by atoms with van der Waals surface area (Å²) in [4.78, 5) is 0. The van der Waals surface area contributed by atoms with Gasteiger partial charge < -0.3 is 0 Å². The van der Waals surface area contributed by atoms with Gasteiger partial charge in [-0.1, -0.05) is 57.7 Å². The van der Waals surface area contributed by atoms with Gasteiger partial charge in [-0.05, 0) is 0 Å². The van der Waals surface area contributed by atoms with E-state index in [1.807, 2.05) is 0 Å². The van der Waals surface area contributed by atoms with Crippen molar-refractivity contribution < 1.29 is 0 Å². The third kappa shape index (κ3) is 3.99. The molecule has 0 nitrogen and oxygen atoms in total. The summed E-state index contributed by atoms with van der Waals surface area (Å²) in [5, 5.41) is 0. The van der Waals surface area contributed by atoms with Crippen LogP contribution in [0.1, 0.15) is 51.9 Å². The van der Waals surface area contributed by atoms with E-state index < -0.39 is 0 Å². The third-order valence-corrected chi connectivity index (χ3v) is 2.86. The summed E-state index contributed by atoms with van der Waals surface area (Å²) in [6, 6.07) is 0. The molecule has 1 aliphatic rings. The van der Waals surface area contributed by atoms with Crippen LogP contribution in [0.15, 0.2) is 12.1 Å². The van der Waals surface area contributed by atoms with E-state index >= 15 is 0 Å². The summed E-state index contributed by atoms with van der Waals surface area (Å²) in [5.41, 5.74) is 1.38. The van der Waals surface area contributed by atoms with Gasteiger partial charge in [-0.25, -0.2) is 0 Å². The Morgan fingerprint density at radius 2 is 1.58 bits per heavy atom. The Hall–Kier alpha value is -0.195. The van der Waals surface area contributed by atoms with Crippen LogP contribution in [0.25, 0.3) is 0 Å². The Morgan fingerprint density at radius 3 is 2.08 bits per heavy atom. The molecule has 0 saturated heterocycles. The predicted octanol–water partition coefficient (Wildman–Crippen LogP) is 3.49. The Morgan fingerprint density at radius 1 is 1.08 bits per heavy atom. The van der Waals surface area contributed by atoms with Crippen LogP contribution in [-0.2, 0) is 0 Å². The quantitative estimate of drug-likeness (QED) is 0.548. The number of hydrogen-bond donors (Lipinski definition) is 0. The molecular weight excluding hydrogens is 143 g/mol. The molecule has 0 aliphatic heterocycles. The minimum absolute atomic E-state index is 0.961. The summed E-state index contributed by atoms with van der Waals surface area (Å²) in [6.07, 6.45) is 10.2. The van der Waals surface area contributed by atoms with Gasteiger partial charge in [0.2, 0.25) is 0 Å². The fourth-order valence-electron chi connectivity index (χ4n) is 2.24. The maximum atomic E-state index is 4.00. The first-order valence-corrected chi connectivity index (χ1v) is 5.43. The van der Waals surface area contributed by atoms with Crippen molar-refractivity contribution in [3.63, 3.8) is 0 Å². The van der Waals surface area contributed by atoms with E-state index in [4.69, 9.17) is 0 Å². The zero-order valence-corrected chi connectivity index (χ0v) is 8.44. The third-order valence-electron chi connectivity index (χ3n) is 2.86. The van der Waals surface area contributed by atoms with E-state index in [1.165, 1.54) is 57.7 Å². The minimum atomic E-state index is 0.961. The van der Waals surface area contributed by atoms with E-state index in [0.717, 1.165) is 5.82 Å².